The van der Waals surface area contributed by atoms with Crippen LogP contribution in [0.2, 0.25) is 0 Å². The van der Waals surface area contributed by atoms with Gasteiger partial charge in [0.05, 0.1) is 11.8 Å². The van der Waals surface area contributed by atoms with Gasteiger partial charge in [-0.15, -0.1) is 0 Å². The normalized spacial score (nSPS) is 11.1. The lowest BCUT2D eigenvalue weighted by atomic mass is 10.0. The number of ether oxygens (including phenoxy) is 1. The minimum absolute atomic E-state index is 0.104. The topological polar surface area (TPSA) is 67.8 Å². The third-order valence-electron chi connectivity index (χ3n) is 6.03. The number of fused-ring (bicyclic) bond motifs is 1. The molecule has 0 radical (unpaired) electrons. The zero-order valence-electron chi connectivity index (χ0n) is 20.7. The molecule has 3 rings (SSSR count). The first-order valence-corrected chi connectivity index (χ1v) is 12.8. The van der Waals surface area contributed by atoms with Gasteiger partial charge in [-0.3, -0.25) is 4.79 Å². The van der Waals surface area contributed by atoms with Crippen molar-refractivity contribution in [2.24, 2.45) is 5.10 Å². The number of esters is 1. The number of unbranched alkanes of at least 4 members (excludes halogenated alkanes) is 8. The van der Waals surface area contributed by atoms with Crippen LogP contribution in [0.25, 0.3) is 10.8 Å². The first-order chi connectivity index (χ1) is 17.2. The van der Waals surface area contributed by atoms with Gasteiger partial charge in [0, 0.05) is 12.0 Å². The van der Waals surface area contributed by atoms with Crippen LogP contribution in [-0.2, 0) is 4.79 Å². The first-order valence-electron chi connectivity index (χ1n) is 12.8. The predicted molar refractivity (Wildman–Crippen MR) is 143 cm³/mol. The highest BCUT2D eigenvalue weighted by atomic mass is 16.5. The number of hydrogen-bond donors (Lipinski definition) is 1. The number of hydrogen-bond acceptors (Lipinski definition) is 4. The Morgan fingerprint density at radius 3 is 2.20 bits per heavy atom. The van der Waals surface area contributed by atoms with E-state index in [2.05, 4.69) is 17.5 Å². The van der Waals surface area contributed by atoms with Crippen LogP contribution in [0.15, 0.2) is 71.8 Å². The molecule has 0 atom stereocenters. The maximum absolute atomic E-state index is 12.6. The number of rotatable bonds is 14. The van der Waals surface area contributed by atoms with Gasteiger partial charge in [0.15, 0.2) is 0 Å². The Morgan fingerprint density at radius 2 is 1.46 bits per heavy atom. The molecule has 3 aromatic carbocycles. The van der Waals surface area contributed by atoms with Gasteiger partial charge in [-0.2, -0.15) is 5.10 Å². The zero-order valence-corrected chi connectivity index (χ0v) is 20.7. The van der Waals surface area contributed by atoms with Crippen molar-refractivity contribution in [3.8, 4) is 5.75 Å². The molecule has 0 saturated carbocycles. The number of nitrogens with zero attached hydrogens (tertiary/aromatic N) is 1. The van der Waals surface area contributed by atoms with E-state index in [1.807, 2.05) is 36.4 Å². The second kappa shape index (κ2) is 14.7. The summed E-state index contributed by atoms with van der Waals surface area (Å²) in [5.41, 5.74) is 3.74. The largest absolute Gasteiger partial charge is 0.422 e. The van der Waals surface area contributed by atoms with Gasteiger partial charge in [0.2, 0.25) is 5.91 Å². The van der Waals surface area contributed by atoms with E-state index < -0.39 is 5.97 Å². The highest BCUT2D eigenvalue weighted by Gasteiger charge is 2.13. The van der Waals surface area contributed by atoms with Crippen molar-refractivity contribution in [2.75, 3.05) is 0 Å². The first kappa shape index (κ1) is 26.1. The molecule has 3 aromatic rings. The average molecular weight is 473 g/mol. The van der Waals surface area contributed by atoms with E-state index in [4.69, 9.17) is 4.74 Å². The van der Waals surface area contributed by atoms with Gasteiger partial charge in [-0.05, 0) is 35.4 Å². The number of carbonyl (C=O) groups excluding carboxylic acids is 2. The minimum atomic E-state index is -0.440. The molecule has 0 saturated heterocycles. The highest BCUT2D eigenvalue weighted by Crippen LogP contribution is 2.27. The quantitative estimate of drug-likeness (QED) is 0.0872. The van der Waals surface area contributed by atoms with E-state index >= 15 is 0 Å². The lowest BCUT2D eigenvalue weighted by molar-refractivity contribution is -0.121. The van der Waals surface area contributed by atoms with Crippen molar-refractivity contribution in [1.82, 2.24) is 5.43 Å². The summed E-state index contributed by atoms with van der Waals surface area (Å²) in [4.78, 5) is 24.8. The van der Waals surface area contributed by atoms with Crippen LogP contribution in [0.4, 0.5) is 0 Å². The van der Waals surface area contributed by atoms with Crippen LogP contribution in [-0.4, -0.2) is 18.1 Å². The summed E-state index contributed by atoms with van der Waals surface area (Å²) in [6.07, 6.45) is 12.9. The van der Waals surface area contributed by atoms with E-state index in [0.29, 0.717) is 23.3 Å². The molecule has 0 bridgehead atoms. The number of nitrogens with one attached hydrogen (secondary N) is 1. The Bertz CT molecular complexity index is 1110. The van der Waals surface area contributed by atoms with Gasteiger partial charge in [0.25, 0.3) is 0 Å². The summed E-state index contributed by atoms with van der Waals surface area (Å²) in [7, 11) is 0. The van der Waals surface area contributed by atoms with Gasteiger partial charge in [-0.25, -0.2) is 10.2 Å². The standard InChI is InChI=1S/C30H36N2O3/c1-2-3-4-5-6-7-8-9-13-20-29(33)32-31-23-27-26-19-15-14-16-24(26)21-22-28(27)35-30(34)25-17-11-10-12-18-25/h10-12,14-19,21-23H,2-9,13,20H2,1H3,(H,32,33)/b31-23+. The summed E-state index contributed by atoms with van der Waals surface area (Å²) < 4.78 is 5.69. The number of amides is 1. The molecule has 1 amide bonds. The third-order valence-corrected chi connectivity index (χ3v) is 6.03. The van der Waals surface area contributed by atoms with Crippen LogP contribution >= 0.6 is 0 Å². The number of hydrazone groups is 1. The van der Waals surface area contributed by atoms with Gasteiger partial charge in [0.1, 0.15) is 5.75 Å². The molecule has 0 spiro atoms. The van der Waals surface area contributed by atoms with Crippen LogP contribution in [0.1, 0.15) is 87.1 Å². The van der Waals surface area contributed by atoms with Crippen molar-refractivity contribution in [3.05, 3.63) is 77.9 Å². The van der Waals surface area contributed by atoms with Crippen molar-refractivity contribution in [2.45, 2.75) is 71.1 Å². The maximum Gasteiger partial charge on any atom is 0.343 e. The predicted octanol–water partition coefficient (Wildman–Crippen LogP) is 7.43. The summed E-state index contributed by atoms with van der Waals surface area (Å²) in [6, 6.07) is 20.3. The molecular formula is C30H36N2O3. The molecular weight excluding hydrogens is 436 g/mol. The lowest BCUT2D eigenvalue weighted by Gasteiger charge is -2.10. The van der Waals surface area contributed by atoms with Crippen LogP contribution in [0.3, 0.4) is 0 Å². The van der Waals surface area contributed by atoms with Crippen molar-refractivity contribution >= 4 is 28.9 Å². The number of carbonyl (C=O) groups is 2. The SMILES string of the molecule is CCCCCCCCCCCC(=O)N/N=C/c1c(OC(=O)c2ccccc2)ccc2ccccc12. The van der Waals surface area contributed by atoms with E-state index in [9.17, 15) is 9.59 Å². The minimum Gasteiger partial charge on any atom is -0.422 e. The molecule has 0 fully saturated rings. The summed E-state index contributed by atoms with van der Waals surface area (Å²) in [6.45, 7) is 2.23. The molecule has 184 valence electrons. The van der Waals surface area contributed by atoms with Crippen LogP contribution in [0, 0.1) is 0 Å². The van der Waals surface area contributed by atoms with Crippen molar-refractivity contribution in [3.63, 3.8) is 0 Å². The Labute approximate surface area is 208 Å². The molecule has 5 nitrogen and oxygen atoms in total. The molecule has 1 N–H and O–H groups in total. The molecule has 5 heteroatoms. The van der Waals surface area contributed by atoms with Gasteiger partial charge >= 0.3 is 5.97 Å². The second-order valence-corrected chi connectivity index (χ2v) is 8.83. The molecule has 0 aliphatic carbocycles. The van der Waals surface area contributed by atoms with Crippen molar-refractivity contribution in [1.29, 1.82) is 0 Å². The van der Waals surface area contributed by atoms with Crippen LogP contribution in [0.5, 0.6) is 5.75 Å². The summed E-state index contributed by atoms with van der Waals surface area (Å²) >= 11 is 0. The third kappa shape index (κ3) is 8.67. The second-order valence-electron chi connectivity index (χ2n) is 8.83. The fourth-order valence-electron chi connectivity index (χ4n) is 4.05. The number of benzene rings is 3. The molecule has 0 unspecified atom stereocenters. The average Bonchev–Trinajstić information content (AvgIpc) is 2.89. The Morgan fingerprint density at radius 1 is 0.800 bits per heavy atom. The van der Waals surface area contributed by atoms with E-state index in [0.717, 1.165) is 23.6 Å². The molecule has 35 heavy (non-hydrogen) atoms. The van der Waals surface area contributed by atoms with Crippen molar-refractivity contribution < 1.29 is 14.3 Å². The van der Waals surface area contributed by atoms with Crippen LogP contribution < -0.4 is 10.2 Å². The molecule has 0 aliphatic heterocycles. The molecule has 0 aromatic heterocycles. The summed E-state index contributed by atoms with van der Waals surface area (Å²) in [5, 5.41) is 6.06. The van der Waals surface area contributed by atoms with E-state index in [1.54, 1.807) is 36.5 Å². The lowest BCUT2D eigenvalue weighted by Crippen LogP contribution is -2.17. The maximum atomic E-state index is 12.6. The molecule has 0 aliphatic rings. The Kier molecular flexibility index (Phi) is 11.0. The Balaban J connectivity index is 1.54. The van der Waals surface area contributed by atoms with E-state index in [1.165, 1.54) is 44.9 Å². The highest BCUT2D eigenvalue weighted by molar-refractivity contribution is 6.04. The van der Waals surface area contributed by atoms with E-state index in [-0.39, 0.29) is 5.91 Å². The van der Waals surface area contributed by atoms with Gasteiger partial charge in [-0.1, -0.05) is 107 Å². The van der Waals surface area contributed by atoms with Gasteiger partial charge < -0.3 is 4.74 Å². The zero-order chi connectivity index (χ0) is 24.7. The fraction of sp³-hybridized carbons (Fsp3) is 0.367. The molecule has 0 heterocycles. The monoisotopic (exact) mass is 472 g/mol. The summed E-state index contributed by atoms with van der Waals surface area (Å²) in [5.74, 6) is -0.147. The fourth-order valence-corrected chi connectivity index (χ4v) is 4.05. The smallest absolute Gasteiger partial charge is 0.343 e. The Hall–Kier alpha value is -3.47.